The molecule has 0 aromatic carbocycles. The van der Waals surface area contributed by atoms with E-state index in [1.54, 1.807) is 11.8 Å². The number of halogens is 1. The summed E-state index contributed by atoms with van der Waals surface area (Å²) < 4.78 is 13.6. The van der Waals surface area contributed by atoms with E-state index in [4.69, 9.17) is 5.11 Å². The number of aromatic nitrogens is 1. The molecule has 0 bridgehead atoms. The van der Waals surface area contributed by atoms with Crippen molar-refractivity contribution in [1.82, 2.24) is 4.98 Å². The Labute approximate surface area is 97.3 Å². The third-order valence-electron chi connectivity index (χ3n) is 2.08. The molecule has 4 nitrogen and oxygen atoms in total. The summed E-state index contributed by atoms with van der Waals surface area (Å²) in [5.74, 6) is -2.12. The smallest absolute Gasteiger partial charge is 0.338 e. The van der Waals surface area contributed by atoms with Gasteiger partial charge in [-0.05, 0) is 12.3 Å². The van der Waals surface area contributed by atoms with Gasteiger partial charge in [0, 0.05) is 18.0 Å². The van der Waals surface area contributed by atoms with Gasteiger partial charge >= 0.3 is 5.97 Å². The minimum atomic E-state index is -1.29. The van der Waals surface area contributed by atoms with E-state index in [1.165, 1.54) is 6.20 Å². The molecule has 0 aliphatic heterocycles. The van der Waals surface area contributed by atoms with E-state index in [2.05, 4.69) is 10.3 Å². The van der Waals surface area contributed by atoms with E-state index >= 15 is 0 Å². The second-order valence-corrected chi connectivity index (χ2v) is 4.53. The van der Waals surface area contributed by atoms with Crippen molar-refractivity contribution in [3.8, 4) is 0 Å². The average molecular weight is 244 g/mol. The first-order chi connectivity index (χ1) is 7.56. The number of carboxylic acids is 1. The Hall–Kier alpha value is -1.30. The highest BCUT2D eigenvalue weighted by Gasteiger charge is 2.15. The third-order valence-corrected chi connectivity index (χ3v) is 3.05. The summed E-state index contributed by atoms with van der Waals surface area (Å²) in [7, 11) is 0. The Kier molecular flexibility index (Phi) is 4.54. The first-order valence-electron chi connectivity index (χ1n) is 4.70. The van der Waals surface area contributed by atoms with Gasteiger partial charge < -0.3 is 10.4 Å². The predicted molar refractivity (Wildman–Crippen MR) is 62.6 cm³/mol. The monoisotopic (exact) mass is 244 g/mol. The zero-order valence-electron chi connectivity index (χ0n) is 9.03. The molecule has 0 amide bonds. The van der Waals surface area contributed by atoms with E-state index in [9.17, 15) is 9.18 Å². The number of anilines is 1. The molecule has 0 saturated heterocycles. The molecule has 16 heavy (non-hydrogen) atoms. The summed E-state index contributed by atoms with van der Waals surface area (Å²) in [6.07, 6.45) is 3.22. The lowest BCUT2D eigenvalue weighted by atomic mass is 10.2. The van der Waals surface area contributed by atoms with Crippen LogP contribution in [0.15, 0.2) is 12.3 Å². The highest BCUT2D eigenvalue weighted by Crippen LogP contribution is 2.16. The standard InChI is InChI=1S/C10H13FN2O2S/c1-6(16-2)5-13-9-8(11)7(10(14)15)3-4-12-9/h3-4,6H,5H2,1-2H3,(H,12,13)(H,14,15). The molecule has 1 heterocycles. The van der Waals surface area contributed by atoms with Gasteiger partial charge in [0.05, 0.1) is 0 Å². The van der Waals surface area contributed by atoms with Gasteiger partial charge in [0.2, 0.25) is 0 Å². The maximum absolute atomic E-state index is 13.6. The minimum Gasteiger partial charge on any atom is -0.478 e. The van der Waals surface area contributed by atoms with Crippen LogP contribution in [0, 0.1) is 5.82 Å². The van der Waals surface area contributed by atoms with Gasteiger partial charge in [-0.15, -0.1) is 0 Å². The summed E-state index contributed by atoms with van der Waals surface area (Å²) in [6.45, 7) is 2.52. The zero-order chi connectivity index (χ0) is 12.1. The summed E-state index contributed by atoms with van der Waals surface area (Å²) in [6, 6.07) is 1.14. The van der Waals surface area contributed by atoms with Crippen LogP contribution in [0.2, 0.25) is 0 Å². The second kappa shape index (κ2) is 5.69. The molecule has 0 saturated carbocycles. The molecule has 1 aromatic heterocycles. The summed E-state index contributed by atoms with van der Waals surface area (Å²) in [4.78, 5) is 14.4. The fourth-order valence-electron chi connectivity index (χ4n) is 1.06. The number of pyridine rings is 1. The lowest BCUT2D eigenvalue weighted by molar-refractivity contribution is 0.0692. The SMILES string of the molecule is CSC(C)CNc1nccc(C(=O)O)c1F. The molecular formula is C10H13FN2O2S. The second-order valence-electron chi connectivity index (χ2n) is 3.25. The number of hydrogen-bond donors (Lipinski definition) is 2. The quantitative estimate of drug-likeness (QED) is 0.830. The van der Waals surface area contributed by atoms with E-state index < -0.39 is 11.8 Å². The number of carboxylic acid groups (broad SMARTS) is 1. The van der Waals surface area contributed by atoms with Crippen molar-refractivity contribution in [3.63, 3.8) is 0 Å². The number of aromatic carboxylic acids is 1. The molecule has 0 spiro atoms. The number of nitrogens with zero attached hydrogens (tertiary/aromatic N) is 1. The van der Waals surface area contributed by atoms with Crippen LogP contribution in [-0.4, -0.2) is 34.1 Å². The minimum absolute atomic E-state index is 0.0131. The molecule has 6 heteroatoms. The average Bonchev–Trinajstić information content (AvgIpc) is 2.26. The fraction of sp³-hybridized carbons (Fsp3) is 0.400. The van der Waals surface area contributed by atoms with Crippen molar-refractivity contribution in [2.75, 3.05) is 18.1 Å². The van der Waals surface area contributed by atoms with Crippen LogP contribution in [0.5, 0.6) is 0 Å². The highest BCUT2D eigenvalue weighted by atomic mass is 32.2. The molecule has 1 aromatic rings. The number of rotatable bonds is 5. The van der Waals surface area contributed by atoms with Crippen molar-refractivity contribution < 1.29 is 14.3 Å². The third kappa shape index (κ3) is 3.10. The van der Waals surface area contributed by atoms with Crippen molar-refractivity contribution in [2.45, 2.75) is 12.2 Å². The van der Waals surface area contributed by atoms with Crippen LogP contribution in [0.4, 0.5) is 10.2 Å². The Morgan fingerprint density at radius 1 is 1.75 bits per heavy atom. The normalized spacial score (nSPS) is 12.2. The van der Waals surface area contributed by atoms with Crippen molar-refractivity contribution >= 4 is 23.5 Å². The van der Waals surface area contributed by atoms with Crippen LogP contribution in [0.3, 0.4) is 0 Å². The molecule has 1 atom stereocenters. The molecule has 0 aliphatic rings. The van der Waals surface area contributed by atoms with Crippen LogP contribution in [0.1, 0.15) is 17.3 Å². The molecule has 0 fully saturated rings. The van der Waals surface area contributed by atoms with E-state index in [0.29, 0.717) is 11.8 Å². The first-order valence-corrected chi connectivity index (χ1v) is 5.99. The lowest BCUT2D eigenvalue weighted by Gasteiger charge is -2.11. The van der Waals surface area contributed by atoms with Gasteiger partial charge in [0.15, 0.2) is 11.6 Å². The van der Waals surface area contributed by atoms with Gasteiger partial charge in [-0.1, -0.05) is 6.92 Å². The molecule has 1 rings (SSSR count). The van der Waals surface area contributed by atoms with Gasteiger partial charge in [-0.3, -0.25) is 0 Å². The number of hydrogen-bond acceptors (Lipinski definition) is 4. The Morgan fingerprint density at radius 2 is 2.44 bits per heavy atom. The zero-order valence-corrected chi connectivity index (χ0v) is 9.84. The van der Waals surface area contributed by atoms with Crippen molar-refractivity contribution in [1.29, 1.82) is 0 Å². The number of carbonyl (C=O) groups is 1. The maximum atomic E-state index is 13.6. The van der Waals surface area contributed by atoms with Gasteiger partial charge in [0.25, 0.3) is 0 Å². The number of thioether (sulfide) groups is 1. The van der Waals surface area contributed by atoms with Crippen LogP contribution >= 0.6 is 11.8 Å². The molecular weight excluding hydrogens is 231 g/mol. The maximum Gasteiger partial charge on any atom is 0.338 e. The van der Waals surface area contributed by atoms with Crippen molar-refractivity contribution in [3.05, 3.63) is 23.6 Å². The molecule has 88 valence electrons. The molecule has 0 aliphatic carbocycles. The summed E-state index contributed by atoms with van der Waals surface area (Å²) >= 11 is 1.63. The van der Waals surface area contributed by atoms with E-state index in [-0.39, 0.29) is 11.4 Å². The van der Waals surface area contributed by atoms with Gasteiger partial charge in [0.1, 0.15) is 5.56 Å². The summed E-state index contributed by atoms with van der Waals surface area (Å²) in [5, 5.41) is 11.8. The van der Waals surface area contributed by atoms with Gasteiger partial charge in [-0.25, -0.2) is 14.2 Å². The van der Waals surface area contributed by atoms with E-state index in [1.807, 2.05) is 13.2 Å². The molecule has 0 radical (unpaired) electrons. The molecule has 1 unspecified atom stereocenters. The predicted octanol–water partition coefficient (Wildman–Crippen LogP) is 2.08. The molecule has 2 N–H and O–H groups in total. The van der Waals surface area contributed by atoms with Crippen LogP contribution in [0.25, 0.3) is 0 Å². The summed E-state index contributed by atoms with van der Waals surface area (Å²) in [5.41, 5.74) is -0.366. The highest BCUT2D eigenvalue weighted by molar-refractivity contribution is 7.99. The van der Waals surface area contributed by atoms with Crippen LogP contribution in [-0.2, 0) is 0 Å². The van der Waals surface area contributed by atoms with Crippen molar-refractivity contribution in [2.24, 2.45) is 0 Å². The topological polar surface area (TPSA) is 62.2 Å². The fourth-order valence-corrected chi connectivity index (χ4v) is 1.31. The largest absolute Gasteiger partial charge is 0.478 e. The Balaban J connectivity index is 2.81. The Bertz CT molecular complexity index is 387. The number of nitrogens with one attached hydrogen (secondary N) is 1. The van der Waals surface area contributed by atoms with E-state index in [0.717, 1.165) is 6.07 Å². The van der Waals surface area contributed by atoms with Crippen LogP contribution < -0.4 is 5.32 Å². The van der Waals surface area contributed by atoms with Gasteiger partial charge in [-0.2, -0.15) is 11.8 Å². The lowest BCUT2D eigenvalue weighted by Crippen LogP contribution is -2.15. The Morgan fingerprint density at radius 3 is 3.00 bits per heavy atom. The first kappa shape index (κ1) is 12.8.